The summed E-state index contributed by atoms with van der Waals surface area (Å²) in [5.74, 6) is 0.290. The molecule has 0 spiro atoms. The van der Waals surface area contributed by atoms with Crippen LogP contribution in [-0.2, 0) is 20.7 Å². The number of amides is 2. The zero-order valence-electron chi connectivity index (χ0n) is 15.1. The maximum absolute atomic E-state index is 12.4. The third kappa shape index (κ3) is 5.69. The molecule has 2 amide bonds. The lowest BCUT2D eigenvalue weighted by atomic mass is 10.1. The van der Waals surface area contributed by atoms with Crippen LogP contribution in [0.1, 0.15) is 18.4 Å². The van der Waals surface area contributed by atoms with Crippen LogP contribution in [-0.4, -0.2) is 73.6 Å². The van der Waals surface area contributed by atoms with E-state index in [9.17, 15) is 9.59 Å². The molecule has 1 aromatic rings. The first-order valence-corrected chi connectivity index (χ1v) is 9.15. The molecule has 1 N–H and O–H groups in total. The topological polar surface area (TPSA) is 61.9 Å². The van der Waals surface area contributed by atoms with E-state index in [0.29, 0.717) is 45.8 Å². The van der Waals surface area contributed by atoms with E-state index < -0.39 is 0 Å². The van der Waals surface area contributed by atoms with E-state index in [1.165, 1.54) is 5.56 Å². The highest BCUT2D eigenvalue weighted by Gasteiger charge is 2.29. The van der Waals surface area contributed by atoms with Crippen molar-refractivity contribution in [2.45, 2.75) is 25.3 Å². The van der Waals surface area contributed by atoms with Gasteiger partial charge in [-0.1, -0.05) is 30.3 Å². The second kappa shape index (κ2) is 10.5. The number of hydrogen-bond acceptors (Lipinski definition) is 4. The molecule has 1 aromatic carbocycles. The van der Waals surface area contributed by atoms with E-state index in [0.717, 1.165) is 19.4 Å². The fourth-order valence-corrected chi connectivity index (χ4v) is 3.37. The van der Waals surface area contributed by atoms with Crippen molar-refractivity contribution in [2.24, 2.45) is 0 Å². The summed E-state index contributed by atoms with van der Waals surface area (Å²) in [6.07, 6.45) is 2.37. The molecular formula is C19H28ClN3O3. The van der Waals surface area contributed by atoms with Crippen LogP contribution >= 0.6 is 12.4 Å². The normalized spacial score (nSPS) is 20.4. The second-order valence-electron chi connectivity index (χ2n) is 6.63. The van der Waals surface area contributed by atoms with Crippen LogP contribution < -0.4 is 5.32 Å². The highest BCUT2D eigenvalue weighted by Crippen LogP contribution is 2.10. The minimum atomic E-state index is -0.234. The number of aryl methyl sites for hydroxylation is 1. The van der Waals surface area contributed by atoms with E-state index in [2.05, 4.69) is 17.4 Å². The predicted octanol–water partition coefficient (Wildman–Crippen LogP) is 1.09. The van der Waals surface area contributed by atoms with Crippen LogP contribution in [0.3, 0.4) is 0 Å². The quantitative estimate of drug-likeness (QED) is 0.829. The molecule has 144 valence electrons. The summed E-state index contributed by atoms with van der Waals surface area (Å²) in [7, 11) is 0. The van der Waals surface area contributed by atoms with Crippen LogP contribution in [0.15, 0.2) is 30.3 Å². The zero-order chi connectivity index (χ0) is 17.5. The average Bonchev–Trinajstić information content (AvgIpc) is 2.69. The smallest absolute Gasteiger partial charge is 0.242 e. The fourth-order valence-electron chi connectivity index (χ4n) is 3.37. The number of halogens is 1. The van der Waals surface area contributed by atoms with Crippen molar-refractivity contribution in [1.82, 2.24) is 15.1 Å². The molecule has 6 nitrogen and oxygen atoms in total. The number of nitrogens with one attached hydrogen (secondary N) is 1. The Hall–Kier alpha value is -1.63. The van der Waals surface area contributed by atoms with Crippen LogP contribution in [0.5, 0.6) is 0 Å². The molecule has 2 aliphatic heterocycles. The summed E-state index contributed by atoms with van der Waals surface area (Å²) in [6, 6.07) is 10.0. The second-order valence-corrected chi connectivity index (χ2v) is 6.63. The van der Waals surface area contributed by atoms with E-state index in [-0.39, 0.29) is 30.3 Å². The SMILES string of the molecule is Cl.O=C(CCCc1ccccc1)N1CCN(C(=O)C2COCCN2)CC1. The van der Waals surface area contributed by atoms with Gasteiger partial charge >= 0.3 is 0 Å². The van der Waals surface area contributed by atoms with E-state index in [1.807, 2.05) is 28.0 Å². The van der Waals surface area contributed by atoms with Gasteiger partial charge in [-0.2, -0.15) is 0 Å². The lowest BCUT2D eigenvalue weighted by Crippen LogP contribution is -2.57. The molecule has 0 bridgehead atoms. The summed E-state index contributed by atoms with van der Waals surface area (Å²) >= 11 is 0. The average molecular weight is 382 g/mol. The minimum Gasteiger partial charge on any atom is -0.378 e. The maximum Gasteiger partial charge on any atom is 0.242 e. The molecule has 2 heterocycles. The Kier molecular flexibility index (Phi) is 8.35. The van der Waals surface area contributed by atoms with Gasteiger partial charge in [0.15, 0.2) is 0 Å². The third-order valence-electron chi connectivity index (χ3n) is 4.86. The lowest BCUT2D eigenvalue weighted by molar-refractivity contribution is -0.142. The summed E-state index contributed by atoms with van der Waals surface area (Å²) < 4.78 is 5.36. The number of nitrogens with zero attached hydrogens (tertiary/aromatic N) is 2. The summed E-state index contributed by atoms with van der Waals surface area (Å²) in [4.78, 5) is 28.5. The predicted molar refractivity (Wildman–Crippen MR) is 102 cm³/mol. The Morgan fingerprint density at radius 2 is 1.77 bits per heavy atom. The molecule has 1 atom stereocenters. The van der Waals surface area contributed by atoms with Gasteiger partial charge in [0.05, 0.1) is 13.2 Å². The Morgan fingerprint density at radius 1 is 1.08 bits per heavy atom. The first-order valence-electron chi connectivity index (χ1n) is 9.15. The van der Waals surface area contributed by atoms with Gasteiger partial charge in [-0.05, 0) is 18.4 Å². The van der Waals surface area contributed by atoms with Crippen LogP contribution in [0.4, 0.5) is 0 Å². The number of morpholine rings is 1. The summed E-state index contributed by atoms with van der Waals surface area (Å²) in [5.41, 5.74) is 1.27. The van der Waals surface area contributed by atoms with Crippen molar-refractivity contribution < 1.29 is 14.3 Å². The molecule has 2 fully saturated rings. The van der Waals surface area contributed by atoms with Gasteiger partial charge in [-0.25, -0.2) is 0 Å². The lowest BCUT2D eigenvalue weighted by Gasteiger charge is -2.37. The first-order chi connectivity index (χ1) is 12.2. The maximum atomic E-state index is 12.4. The van der Waals surface area contributed by atoms with Crippen LogP contribution in [0, 0.1) is 0 Å². The van der Waals surface area contributed by atoms with Crippen LogP contribution in [0.2, 0.25) is 0 Å². The molecule has 26 heavy (non-hydrogen) atoms. The molecule has 0 saturated carbocycles. The molecule has 0 aliphatic carbocycles. The van der Waals surface area contributed by atoms with Gasteiger partial charge in [0.2, 0.25) is 11.8 Å². The van der Waals surface area contributed by atoms with Gasteiger partial charge in [0.25, 0.3) is 0 Å². The van der Waals surface area contributed by atoms with Crippen molar-refractivity contribution in [3.8, 4) is 0 Å². The van der Waals surface area contributed by atoms with Crippen molar-refractivity contribution in [3.63, 3.8) is 0 Å². The summed E-state index contributed by atoms with van der Waals surface area (Å²) in [6.45, 7) is 4.30. The first kappa shape index (κ1) is 20.7. The molecule has 2 aliphatic rings. The molecule has 1 unspecified atom stereocenters. The molecule has 3 rings (SSSR count). The molecule has 0 radical (unpaired) electrons. The van der Waals surface area contributed by atoms with Gasteiger partial charge in [-0.15, -0.1) is 12.4 Å². The Bertz CT molecular complexity index is 571. The summed E-state index contributed by atoms with van der Waals surface area (Å²) in [5, 5.41) is 3.20. The monoisotopic (exact) mass is 381 g/mol. The van der Waals surface area contributed by atoms with Gasteiger partial charge < -0.3 is 19.9 Å². The van der Waals surface area contributed by atoms with Crippen molar-refractivity contribution in [2.75, 3.05) is 45.9 Å². The molecular weight excluding hydrogens is 354 g/mol. The zero-order valence-corrected chi connectivity index (χ0v) is 15.9. The van der Waals surface area contributed by atoms with Gasteiger partial charge in [-0.3, -0.25) is 9.59 Å². The number of benzene rings is 1. The molecule has 7 heteroatoms. The van der Waals surface area contributed by atoms with E-state index in [4.69, 9.17) is 4.74 Å². The third-order valence-corrected chi connectivity index (χ3v) is 4.86. The van der Waals surface area contributed by atoms with Gasteiger partial charge in [0.1, 0.15) is 6.04 Å². The largest absolute Gasteiger partial charge is 0.378 e. The number of hydrogen-bond donors (Lipinski definition) is 1. The Labute approximate surface area is 161 Å². The highest BCUT2D eigenvalue weighted by atomic mass is 35.5. The Morgan fingerprint density at radius 3 is 2.42 bits per heavy atom. The van der Waals surface area contributed by atoms with Crippen LogP contribution in [0.25, 0.3) is 0 Å². The van der Waals surface area contributed by atoms with Gasteiger partial charge in [0, 0.05) is 39.1 Å². The minimum absolute atomic E-state index is 0. The highest BCUT2D eigenvalue weighted by molar-refractivity contribution is 5.85. The number of rotatable bonds is 5. The van der Waals surface area contributed by atoms with Crippen molar-refractivity contribution in [1.29, 1.82) is 0 Å². The molecule has 0 aromatic heterocycles. The van der Waals surface area contributed by atoms with Crippen molar-refractivity contribution >= 4 is 24.2 Å². The van der Waals surface area contributed by atoms with Crippen molar-refractivity contribution in [3.05, 3.63) is 35.9 Å². The number of carbonyl (C=O) groups excluding carboxylic acids is 2. The molecule has 2 saturated heterocycles. The number of piperazine rings is 1. The van der Waals surface area contributed by atoms with E-state index in [1.54, 1.807) is 0 Å². The standard InChI is InChI=1S/C19H27N3O3.ClH/c23-18(8-4-7-16-5-2-1-3-6-16)21-10-12-22(13-11-21)19(24)17-15-25-14-9-20-17;/h1-3,5-6,17,20H,4,7-15H2;1H. The Balaban J connectivity index is 0.00000243. The fraction of sp³-hybridized carbons (Fsp3) is 0.579. The van der Waals surface area contributed by atoms with E-state index >= 15 is 0 Å². The number of carbonyl (C=O) groups is 2. The number of ether oxygens (including phenoxy) is 1.